The maximum Gasteiger partial charge on any atom is 0.272 e. The number of hydrogen-bond acceptors (Lipinski definition) is 4. The Bertz CT molecular complexity index is 1110. The van der Waals surface area contributed by atoms with Gasteiger partial charge < -0.3 is 14.5 Å². The second kappa shape index (κ2) is 8.12. The van der Waals surface area contributed by atoms with Crippen LogP contribution in [0.5, 0.6) is 0 Å². The van der Waals surface area contributed by atoms with Crippen LogP contribution in [-0.4, -0.2) is 58.4 Å². The molecule has 6 heteroatoms. The molecule has 0 saturated carbocycles. The van der Waals surface area contributed by atoms with E-state index in [1.807, 2.05) is 65.6 Å². The minimum atomic E-state index is -0.504. The third-order valence-electron chi connectivity index (χ3n) is 6.33. The van der Waals surface area contributed by atoms with E-state index in [-0.39, 0.29) is 11.8 Å². The third-order valence-corrected chi connectivity index (χ3v) is 6.33. The Kier molecular flexibility index (Phi) is 5.16. The number of aromatic nitrogens is 1. The summed E-state index contributed by atoms with van der Waals surface area (Å²) >= 11 is 0. The molecular weight excluding hydrogens is 390 g/mol. The average molecular weight is 415 g/mol. The second-order valence-corrected chi connectivity index (χ2v) is 8.36. The van der Waals surface area contributed by atoms with E-state index in [1.165, 1.54) is 0 Å². The highest BCUT2D eigenvalue weighted by atomic mass is 16.5. The van der Waals surface area contributed by atoms with Crippen LogP contribution in [0.2, 0.25) is 0 Å². The number of para-hydroxylation sites is 1. The van der Waals surface area contributed by atoms with Gasteiger partial charge in [0, 0.05) is 38.0 Å². The summed E-state index contributed by atoms with van der Waals surface area (Å²) in [5, 5.41) is 1.000. The van der Waals surface area contributed by atoms with Crippen LogP contribution in [0.1, 0.15) is 28.9 Å². The van der Waals surface area contributed by atoms with Crippen LogP contribution in [0, 0.1) is 0 Å². The SMILES string of the molecule is O=C(c1ccc2ccccc2n1)N1CCC(=O)N(Cc2ccccc2)C2(CCOC2)C1. The minimum Gasteiger partial charge on any atom is -0.379 e. The lowest BCUT2D eigenvalue weighted by atomic mass is 9.94. The Morgan fingerprint density at radius 2 is 1.84 bits per heavy atom. The van der Waals surface area contributed by atoms with E-state index in [4.69, 9.17) is 4.74 Å². The Morgan fingerprint density at radius 1 is 1.03 bits per heavy atom. The fraction of sp³-hybridized carbons (Fsp3) is 0.320. The quantitative estimate of drug-likeness (QED) is 0.659. The first-order valence-corrected chi connectivity index (χ1v) is 10.7. The van der Waals surface area contributed by atoms with Gasteiger partial charge in [-0.3, -0.25) is 9.59 Å². The zero-order chi connectivity index (χ0) is 21.3. The molecular formula is C25H25N3O3. The fourth-order valence-electron chi connectivity index (χ4n) is 4.63. The Morgan fingerprint density at radius 3 is 2.65 bits per heavy atom. The van der Waals surface area contributed by atoms with Gasteiger partial charge in [0.05, 0.1) is 17.7 Å². The van der Waals surface area contributed by atoms with Gasteiger partial charge in [-0.2, -0.15) is 0 Å². The summed E-state index contributed by atoms with van der Waals surface area (Å²) in [7, 11) is 0. The highest BCUT2D eigenvalue weighted by Gasteiger charge is 2.47. The van der Waals surface area contributed by atoms with Gasteiger partial charge >= 0.3 is 0 Å². The van der Waals surface area contributed by atoms with E-state index < -0.39 is 5.54 Å². The lowest BCUT2D eigenvalue weighted by Gasteiger charge is -2.40. The maximum absolute atomic E-state index is 13.4. The van der Waals surface area contributed by atoms with E-state index in [2.05, 4.69) is 4.98 Å². The number of nitrogens with zero attached hydrogens (tertiary/aromatic N) is 3. The number of ether oxygens (including phenoxy) is 1. The summed E-state index contributed by atoms with van der Waals surface area (Å²) in [6.45, 7) is 2.41. The zero-order valence-electron chi connectivity index (χ0n) is 17.4. The van der Waals surface area contributed by atoms with E-state index >= 15 is 0 Å². The summed E-state index contributed by atoms with van der Waals surface area (Å²) in [6.07, 6.45) is 1.02. The molecule has 2 aromatic carbocycles. The molecule has 0 N–H and O–H groups in total. The van der Waals surface area contributed by atoms with Crippen molar-refractivity contribution in [1.29, 1.82) is 0 Å². The summed E-state index contributed by atoms with van der Waals surface area (Å²) in [5.41, 5.74) is 1.79. The molecule has 6 nitrogen and oxygen atoms in total. The number of fused-ring (bicyclic) bond motifs is 1. The molecule has 1 aromatic heterocycles. The smallest absolute Gasteiger partial charge is 0.272 e. The normalized spacial score (nSPS) is 21.6. The summed E-state index contributed by atoms with van der Waals surface area (Å²) in [4.78, 5) is 34.9. The van der Waals surface area contributed by atoms with Crippen LogP contribution in [0.3, 0.4) is 0 Å². The molecule has 3 aromatic rings. The first kappa shape index (κ1) is 19.7. The largest absolute Gasteiger partial charge is 0.379 e. The average Bonchev–Trinajstić information content (AvgIpc) is 3.24. The van der Waals surface area contributed by atoms with Crippen molar-refractivity contribution in [1.82, 2.24) is 14.8 Å². The predicted octanol–water partition coefficient (Wildman–Crippen LogP) is 3.27. The molecule has 2 aliphatic heterocycles. The Balaban J connectivity index is 1.44. The van der Waals surface area contributed by atoms with Crippen molar-refractivity contribution in [2.75, 3.05) is 26.3 Å². The molecule has 1 unspecified atom stereocenters. The zero-order valence-corrected chi connectivity index (χ0v) is 17.4. The van der Waals surface area contributed by atoms with Gasteiger partial charge in [0.2, 0.25) is 5.91 Å². The second-order valence-electron chi connectivity index (χ2n) is 8.36. The topological polar surface area (TPSA) is 62.7 Å². The van der Waals surface area contributed by atoms with Crippen LogP contribution >= 0.6 is 0 Å². The number of rotatable bonds is 3. The van der Waals surface area contributed by atoms with Gasteiger partial charge in [0.1, 0.15) is 5.69 Å². The van der Waals surface area contributed by atoms with E-state index in [0.717, 1.165) is 22.9 Å². The minimum absolute atomic E-state index is 0.0659. The Labute approximate surface area is 181 Å². The molecule has 2 saturated heterocycles. The molecule has 2 aliphatic rings. The number of hydrogen-bond donors (Lipinski definition) is 0. The molecule has 2 amide bonds. The highest BCUT2D eigenvalue weighted by Crippen LogP contribution is 2.32. The van der Waals surface area contributed by atoms with Crippen molar-refractivity contribution in [3.05, 3.63) is 78.0 Å². The molecule has 2 fully saturated rings. The van der Waals surface area contributed by atoms with Crippen LogP contribution in [0.15, 0.2) is 66.7 Å². The van der Waals surface area contributed by atoms with Gasteiger partial charge in [0.25, 0.3) is 5.91 Å². The van der Waals surface area contributed by atoms with E-state index in [0.29, 0.717) is 45.0 Å². The highest BCUT2D eigenvalue weighted by molar-refractivity contribution is 5.95. The van der Waals surface area contributed by atoms with Crippen LogP contribution < -0.4 is 0 Å². The summed E-state index contributed by atoms with van der Waals surface area (Å²) in [6, 6.07) is 21.5. The first-order valence-electron chi connectivity index (χ1n) is 10.7. The van der Waals surface area contributed by atoms with Crippen LogP contribution in [0.4, 0.5) is 0 Å². The first-order chi connectivity index (χ1) is 15.1. The number of carbonyl (C=O) groups excluding carboxylic acids is 2. The van der Waals surface area contributed by atoms with Crippen LogP contribution in [0.25, 0.3) is 10.9 Å². The van der Waals surface area contributed by atoms with Crippen molar-refractivity contribution in [2.24, 2.45) is 0 Å². The van der Waals surface area contributed by atoms with Crippen molar-refractivity contribution >= 4 is 22.7 Å². The number of pyridine rings is 1. The lowest BCUT2D eigenvalue weighted by Crippen LogP contribution is -2.56. The number of amides is 2. The number of carbonyl (C=O) groups is 2. The molecule has 5 rings (SSSR count). The van der Waals surface area contributed by atoms with Crippen molar-refractivity contribution < 1.29 is 14.3 Å². The molecule has 1 atom stereocenters. The molecule has 3 heterocycles. The molecule has 31 heavy (non-hydrogen) atoms. The summed E-state index contributed by atoms with van der Waals surface area (Å²) < 4.78 is 5.75. The number of benzene rings is 2. The van der Waals surface area contributed by atoms with Crippen LogP contribution in [-0.2, 0) is 16.1 Å². The van der Waals surface area contributed by atoms with Gasteiger partial charge in [-0.05, 0) is 24.1 Å². The predicted molar refractivity (Wildman–Crippen MR) is 117 cm³/mol. The molecule has 1 spiro atoms. The van der Waals surface area contributed by atoms with Gasteiger partial charge in [-0.25, -0.2) is 4.98 Å². The Hall–Kier alpha value is -3.25. The fourth-order valence-corrected chi connectivity index (χ4v) is 4.63. The van der Waals surface area contributed by atoms with E-state index in [9.17, 15) is 9.59 Å². The van der Waals surface area contributed by atoms with Gasteiger partial charge in [-0.1, -0.05) is 54.6 Å². The van der Waals surface area contributed by atoms with Gasteiger partial charge in [-0.15, -0.1) is 0 Å². The van der Waals surface area contributed by atoms with Crippen molar-refractivity contribution in [3.63, 3.8) is 0 Å². The molecule has 158 valence electrons. The third kappa shape index (κ3) is 3.79. The van der Waals surface area contributed by atoms with Gasteiger partial charge in [0.15, 0.2) is 0 Å². The van der Waals surface area contributed by atoms with E-state index in [1.54, 1.807) is 11.0 Å². The molecule has 0 bridgehead atoms. The van der Waals surface area contributed by atoms with Crippen molar-refractivity contribution in [2.45, 2.75) is 24.9 Å². The molecule has 0 aliphatic carbocycles. The summed E-state index contributed by atoms with van der Waals surface area (Å²) in [5.74, 6) is -0.0671. The monoisotopic (exact) mass is 415 g/mol. The molecule has 0 radical (unpaired) electrons. The maximum atomic E-state index is 13.4. The van der Waals surface area contributed by atoms with Crippen molar-refractivity contribution in [3.8, 4) is 0 Å². The standard InChI is InChI=1S/C25H25N3O3/c29-23-12-14-27(24(30)22-11-10-20-8-4-5-9-21(20)26-22)17-25(13-15-31-18-25)28(23)16-19-6-2-1-3-7-19/h1-11H,12-18H2. The lowest BCUT2D eigenvalue weighted by molar-refractivity contribution is -0.137.